The minimum Gasteiger partial charge on any atom is -0.481 e. The predicted molar refractivity (Wildman–Crippen MR) is 83.5 cm³/mol. The summed E-state index contributed by atoms with van der Waals surface area (Å²) >= 11 is 0. The number of carbonyl (C=O) groups is 1. The van der Waals surface area contributed by atoms with Gasteiger partial charge in [-0.05, 0) is 67.1 Å². The van der Waals surface area contributed by atoms with Crippen molar-refractivity contribution in [2.75, 3.05) is 0 Å². The van der Waals surface area contributed by atoms with E-state index in [9.17, 15) is 19.4 Å². The van der Waals surface area contributed by atoms with E-state index in [1.807, 2.05) is 0 Å². The third kappa shape index (κ3) is 2.14. The number of rotatable bonds is 3. The van der Waals surface area contributed by atoms with Gasteiger partial charge in [0.15, 0.2) is 0 Å². The molecule has 2 N–H and O–H groups in total. The van der Waals surface area contributed by atoms with Gasteiger partial charge in [0.05, 0.1) is 12.0 Å². The Bertz CT molecular complexity index is 615. The Morgan fingerprint density at radius 1 is 1.17 bits per heavy atom. The van der Waals surface area contributed by atoms with Crippen molar-refractivity contribution in [2.45, 2.75) is 56.5 Å². The van der Waals surface area contributed by atoms with Gasteiger partial charge in [0, 0.05) is 5.41 Å². The van der Waals surface area contributed by atoms with E-state index in [2.05, 4.69) is 6.92 Å². The van der Waals surface area contributed by atoms with E-state index in [0.717, 1.165) is 24.8 Å². The van der Waals surface area contributed by atoms with E-state index < -0.39 is 17.0 Å². The molecule has 2 atom stereocenters. The Hall–Kier alpha value is -1.42. The molecule has 0 spiro atoms. The standard InChI is InChI=1S/C19H23FO3/c1-17-6-13-8-18(23,11-17)9-14(7-17)19(13,10-16(21)22)12-2-4-15(20)5-3-12/h2-5,13-14,23H,6-11H2,1H3,(H,21,22). The van der Waals surface area contributed by atoms with Gasteiger partial charge in [-0.3, -0.25) is 4.79 Å². The average Bonchev–Trinajstić information content (AvgIpc) is 2.41. The van der Waals surface area contributed by atoms with Gasteiger partial charge in [-0.25, -0.2) is 4.39 Å². The van der Waals surface area contributed by atoms with Crippen molar-refractivity contribution in [3.05, 3.63) is 35.6 Å². The smallest absolute Gasteiger partial charge is 0.304 e. The van der Waals surface area contributed by atoms with Gasteiger partial charge in [0.2, 0.25) is 0 Å². The number of hydrogen-bond donors (Lipinski definition) is 2. The van der Waals surface area contributed by atoms with E-state index in [0.29, 0.717) is 12.8 Å². The summed E-state index contributed by atoms with van der Waals surface area (Å²) in [7, 11) is 0. The molecule has 3 nitrogen and oxygen atoms in total. The van der Waals surface area contributed by atoms with Crippen LogP contribution in [-0.2, 0) is 10.2 Å². The molecule has 1 aromatic carbocycles. The summed E-state index contributed by atoms with van der Waals surface area (Å²) < 4.78 is 13.4. The molecule has 4 aliphatic rings. The van der Waals surface area contributed by atoms with Crippen LogP contribution in [0.5, 0.6) is 0 Å². The van der Waals surface area contributed by atoms with Crippen molar-refractivity contribution < 1.29 is 19.4 Å². The van der Waals surface area contributed by atoms with Gasteiger partial charge in [-0.2, -0.15) is 0 Å². The first kappa shape index (κ1) is 15.1. The van der Waals surface area contributed by atoms with Crippen LogP contribution in [0, 0.1) is 23.1 Å². The van der Waals surface area contributed by atoms with Gasteiger partial charge < -0.3 is 10.2 Å². The highest BCUT2D eigenvalue weighted by molar-refractivity contribution is 5.69. The lowest BCUT2D eigenvalue weighted by Gasteiger charge is -2.67. The third-order valence-corrected chi connectivity index (χ3v) is 6.77. The lowest BCUT2D eigenvalue weighted by atomic mass is 9.38. The zero-order chi connectivity index (χ0) is 16.5. The number of aliphatic hydroxyl groups is 1. The van der Waals surface area contributed by atoms with Gasteiger partial charge in [-0.1, -0.05) is 19.1 Å². The fraction of sp³-hybridized carbons (Fsp3) is 0.632. The number of carboxylic acids is 1. The van der Waals surface area contributed by atoms with E-state index >= 15 is 0 Å². The molecule has 4 heteroatoms. The van der Waals surface area contributed by atoms with Crippen molar-refractivity contribution in [3.8, 4) is 0 Å². The zero-order valence-corrected chi connectivity index (χ0v) is 13.4. The largest absolute Gasteiger partial charge is 0.481 e. The number of aliphatic carboxylic acids is 1. The molecule has 0 aromatic heterocycles. The molecule has 0 radical (unpaired) electrons. The van der Waals surface area contributed by atoms with Gasteiger partial charge in [0.1, 0.15) is 5.82 Å². The lowest BCUT2D eigenvalue weighted by molar-refractivity contribution is -0.199. The monoisotopic (exact) mass is 318 g/mol. The number of hydrogen-bond acceptors (Lipinski definition) is 2. The maximum absolute atomic E-state index is 13.4. The highest BCUT2D eigenvalue weighted by Gasteiger charge is 2.65. The second-order valence-corrected chi connectivity index (χ2v) is 8.54. The molecule has 4 aliphatic carbocycles. The molecule has 0 amide bonds. The predicted octanol–water partition coefficient (Wildman–Crippen LogP) is 3.50. The quantitative estimate of drug-likeness (QED) is 0.897. The summed E-state index contributed by atoms with van der Waals surface area (Å²) in [5.74, 6) is -0.798. The van der Waals surface area contributed by atoms with Crippen LogP contribution in [0.2, 0.25) is 0 Å². The minimum atomic E-state index is -0.807. The maximum atomic E-state index is 13.4. The van der Waals surface area contributed by atoms with Crippen LogP contribution in [0.1, 0.15) is 51.0 Å². The van der Waals surface area contributed by atoms with Crippen LogP contribution >= 0.6 is 0 Å². The second-order valence-electron chi connectivity index (χ2n) is 8.54. The van der Waals surface area contributed by atoms with Crippen molar-refractivity contribution >= 4 is 5.97 Å². The molecule has 23 heavy (non-hydrogen) atoms. The normalized spacial score (nSPS) is 44.5. The van der Waals surface area contributed by atoms with Crippen molar-refractivity contribution in [1.82, 2.24) is 0 Å². The molecular weight excluding hydrogens is 295 g/mol. The first-order chi connectivity index (χ1) is 10.7. The SMILES string of the molecule is CC12CC3CC(O)(CC(C1)C3(CC(=O)O)c1ccc(F)cc1)C2. The van der Waals surface area contributed by atoms with E-state index in [-0.39, 0.29) is 29.5 Å². The van der Waals surface area contributed by atoms with Gasteiger partial charge in [0.25, 0.3) is 0 Å². The van der Waals surface area contributed by atoms with E-state index in [4.69, 9.17) is 0 Å². The molecule has 4 fully saturated rings. The topological polar surface area (TPSA) is 57.5 Å². The summed E-state index contributed by atoms with van der Waals surface area (Å²) in [5, 5.41) is 20.5. The average molecular weight is 318 g/mol. The van der Waals surface area contributed by atoms with Crippen LogP contribution in [0.15, 0.2) is 24.3 Å². The third-order valence-electron chi connectivity index (χ3n) is 6.77. The summed E-state index contributed by atoms with van der Waals surface area (Å²) in [6.45, 7) is 2.23. The Labute approximate surface area is 135 Å². The van der Waals surface area contributed by atoms with Gasteiger partial charge >= 0.3 is 5.97 Å². The summed E-state index contributed by atoms with van der Waals surface area (Å²) in [4.78, 5) is 11.7. The van der Waals surface area contributed by atoms with E-state index in [1.54, 1.807) is 12.1 Å². The van der Waals surface area contributed by atoms with Crippen molar-refractivity contribution in [3.63, 3.8) is 0 Å². The number of halogens is 1. The highest BCUT2D eigenvalue weighted by Crippen LogP contribution is 2.69. The number of carboxylic acid groups (broad SMARTS) is 1. The van der Waals surface area contributed by atoms with Gasteiger partial charge in [-0.15, -0.1) is 0 Å². The summed E-state index contributed by atoms with van der Waals surface area (Å²) in [5.41, 5.74) is -0.0565. The zero-order valence-electron chi connectivity index (χ0n) is 13.4. The fourth-order valence-electron chi connectivity index (χ4n) is 6.44. The van der Waals surface area contributed by atoms with Crippen LogP contribution in [-0.4, -0.2) is 21.8 Å². The van der Waals surface area contributed by atoms with Crippen LogP contribution < -0.4 is 0 Å². The van der Waals surface area contributed by atoms with Crippen LogP contribution in [0.4, 0.5) is 4.39 Å². The first-order valence-corrected chi connectivity index (χ1v) is 8.45. The minimum absolute atomic E-state index is 0.0696. The molecule has 5 rings (SSSR count). The summed E-state index contributed by atoms with van der Waals surface area (Å²) in [6.07, 6.45) is 4.15. The Morgan fingerprint density at radius 3 is 2.22 bits per heavy atom. The Balaban J connectivity index is 1.84. The molecule has 0 saturated heterocycles. The molecule has 0 heterocycles. The second kappa shape index (κ2) is 4.56. The first-order valence-electron chi connectivity index (χ1n) is 8.45. The Morgan fingerprint density at radius 2 is 1.74 bits per heavy atom. The molecule has 0 aliphatic heterocycles. The summed E-state index contributed by atoms with van der Waals surface area (Å²) in [6, 6.07) is 6.38. The molecule has 1 aromatic rings. The maximum Gasteiger partial charge on any atom is 0.304 e. The van der Waals surface area contributed by atoms with Crippen molar-refractivity contribution in [2.24, 2.45) is 17.3 Å². The Kier molecular flexibility index (Phi) is 3.00. The highest BCUT2D eigenvalue weighted by atomic mass is 19.1. The molecule has 124 valence electrons. The van der Waals surface area contributed by atoms with Crippen LogP contribution in [0.25, 0.3) is 0 Å². The number of benzene rings is 1. The lowest BCUT2D eigenvalue weighted by Crippen LogP contribution is -2.65. The fourth-order valence-corrected chi connectivity index (χ4v) is 6.44. The molecule has 2 unspecified atom stereocenters. The molecule has 4 bridgehead atoms. The molecule has 4 saturated carbocycles. The van der Waals surface area contributed by atoms with Crippen LogP contribution in [0.3, 0.4) is 0 Å². The molecular formula is C19H23FO3. The van der Waals surface area contributed by atoms with E-state index in [1.165, 1.54) is 12.1 Å². The van der Waals surface area contributed by atoms with Crippen molar-refractivity contribution in [1.29, 1.82) is 0 Å².